The lowest BCUT2D eigenvalue weighted by atomic mass is 10.1. The molecule has 142 valence electrons. The number of halogens is 1. The van der Waals surface area contributed by atoms with Crippen LogP contribution in [0, 0.1) is 5.82 Å². The Morgan fingerprint density at radius 1 is 1.18 bits per heavy atom. The van der Waals surface area contributed by atoms with Crippen LogP contribution in [0.15, 0.2) is 59.0 Å². The molecule has 4 rings (SSSR count). The second-order valence-electron chi connectivity index (χ2n) is 6.54. The summed E-state index contributed by atoms with van der Waals surface area (Å²) < 4.78 is 18.7. The summed E-state index contributed by atoms with van der Waals surface area (Å²) in [5.74, 6) is -0.763. The van der Waals surface area contributed by atoms with Crippen LogP contribution >= 0.6 is 0 Å². The highest BCUT2D eigenvalue weighted by Gasteiger charge is 2.35. The Kier molecular flexibility index (Phi) is 4.84. The summed E-state index contributed by atoms with van der Waals surface area (Å²) in [6.07, 6.45) is 0.243. The quantitative estimate of drug-likeness (QED) is 0.735. The first kappa shape index (κ1) is 17.8. The third kappa shape index (κ3) is 3.90. The minimum atomic E-state index is -0.403. The van der Waals surface area contributed by atoms with Gasteiger partial charge in [-0.05, 0) is 29.8 Å². The molecule has 0 saturated carbocycles. The highest BCUT2D eigenvalue weighted by molar-refractivity contribution is 5.96. The fourth-order valence-electron chi connectivity index (χ4n) is 3.18. The Morgan fingerprint density at radius 3 is 2.79 bits per heavy atom. The molecule has 28 heavy (non-hydrogen) atoms. The highest BCUT2D eigenvalue weighted by Crippen LogP contribution is 2.31. The van der Waals surface area contributed by atoms with E-state index in [-0.39, 0.29) is 30.7 Å². The number of nitrogens with one attached hydrogen (secondary N) is 1. The molecule has 1 N–H and O–H groups in total. The van der Waals surface area contributed by atoms with Crippen LogP contribution in [0.3, 0.4) is 0 Å². The van der Waals surface area contributed by atoms with Gasteiger partial charge in [-0.2, -0.15) is 0 Å². The van der Waals surface area contributed by atoms with E-state index >= 15 is 0 Å². The van der Waals surface area contributed by atoms with Crippen LogP contribution in [0.1, 0.15) is 23.8 Å². The predicted molar refractivity (Wildman–Crippen MR) is 99.2 cm³/mol. The third-order valence-corrected chi connectivity index (χ3v) is 4.48. The zero-order valence-corrected chi connectivity index (χ0v) is 14.8. The standard InChI is InChI=1S/C20H17FN4O3/c21-15-6-4-5-13(9-15)10-17(26)22-20-24-23-19(28-20)14-11-18(27)25(12-14)16-7-2-1-3-8-16/h1-9,14H,10-12H2,(H,22,24,26). The number of carbonyl (C=O) groups is 2. The molecule has 2 heterocycles. The molecule has 2 aromatic carbocycles. The maximum Gasteiger partial charge on any atom is 0.322 e. The van der Waals surface area contributed by atoms with Gasteiger partial charge in [-0.3, -0.25) is 14.9 Å². The molecule has 1 aliphatic heterocycles. The van der Waals surface area contributed by atoms with Crippen molar-refractivity contribution in [3.05, 3.63) is 71.9 Å². The first-order chi connectivity index (χ1) is 13.6. The van der Waals surface area contributed by atoms with Crippen molar-refractivity contribution < 1.29 is 18.4 Å². The minimum absolute atomic E-state index is 0.0147. The molecule has 1 unspecified atom stereocenters. The van der Waals surface area contributed by atoms with E-state index in [1.54, 1.807) is 17.0 Å². The highest BCUT2D eigenvalue weighted by atomic mass is 19.1. The second-order valence-corrected chi connectivity index (χ2v) is 6.54. The van der Waals surface area contributed by atoms with Gasteiger partial charge in [0.1, 0.15) is 5.82 Å². The summed E-state index contributed by atoms with van der Waals surface area (Å²) in [6.45, 7) is 0.432. The number of hydrogen-bond donors (Lipinski definition) is 1. The summed E-state index contributed by atoms with van der Waals surface area (Å²) in [4.78, 5) is 26.1. The van der Waals surface area contributed by atoms with Crippen LogP contribution in [0.5, 0.6) is 0 Å². The number of aromatic nitrogens is 2. The van der Waals surface area contributed by atoms with Crippen LogP contribution in [-0.2, 0) is 16.0 Å². The predicted octanol–water partition coefficient (Wildman–Crippen LogP) is 2.91. The van der Waals surface area contributed by atoms with E-state index in [0.717, 1.165) is 5.69 Å². The van der Waals surface area contributed by atoms with E-state index in [0.29, 0.717) is 18.0 Å². The molecule has 0 bridgehead atoms. The van der Waals surface area contributed by atoms with Crippen LogP contribution < -0.4 is 10.2 Å². The van der Waals surface area contributed by atoms with Gasteiger partial charge in [0.25, 0.3) is 0 Å². The van der Waals surface area contributed by atoms with Crippen molar-refractivity contribution in [1.82, 2.24) is 10.2 Å². The Hall–Kier alpha value is -3.55. The summed E-state index contributed by atoms with van der Waals surface area (Å²) in [7, 11) is 0. The van der Waals surface area contributed by atoms with Crippen molar-refractivity contribution in [3.8, 4) is 0 Å². The number of para-hydroxylation sites is 1. The van der Waals surface area contributed by atoms with Crippen molar-refractivity contribution >= 4 is 23.5 Å². The average molecular weight is 380 g/mol. The van der Waals surface area contributed by atoms with E-state index in [4.69, 9.17) is 4.42 Å². The Bertz CT molecular complexity index is 1010. The lowest BCUT2D eigenvalue weighted by Gasteiger charge is -2.15. The zero-order valence-electron chi connectivity index (χ0n) is 14.8. The Balaban J connectivity index is 1.39. The number of nitrogens with zero attached hydrogens (tertiary/aromatic N) is 3. The van der Waals surface area contributed by atoms with Gasteiger partial charge in [0.05, 0.1) is 12.3 Å². The molecule has 3 aromatic rings. The van der Waals surface area contributed by atoms with Crippen molar-refractivity contribution in [3.63, 3.8) is 0 Å². The number of anilines is 2. The minimum Gasteiger partial charge on any atom is -0.407 e. The molecule has 1 saturated heterocycles. The van der Waals surface area contributed by atoms with Crippen molar-refractivity contribution in [1.29, 1.82) is 0 Å². The number of benzene rings is 2. The fraction of sp³-hybridized carbons (Fsp3) is 0.200. The molecule has 0 spiro atoms. The smallest absolute Gasteiger partial charge is 0.322 e. The first-order valence-corrected chi connectivity index (χ1v) is 8.81. The molecule has 1 aromatic heterocycles. The maximum atomic E-state index is 13.2. The van der Waals surface area contributed by atoms with E-state index in [2.05, 4.69) is 15.5 Å². The van der Waals surface area contributed by atoms with Gasteiger partial charge in [0, 0.05) is 18.7 Å². The van der Waals surface area contributed by atoms with Gasteiger partial charge < -0.3 is 9.32 Å². The van der Waals surface area contributed by atoms with Crippen molar-refractivity contribution in [2.45, 2.75) is 18.8 Å². The molecule has 1 atom stereocenters. The Labute approximate surface area is 160 Å². The van der Waals surface area contributed by atoms with Gasteiger partial charge in [0.2, 0.25) is 17.7 Å². The number of amides is 2. The van der Waals surface area contributed by atoms with Gasteiger partial charge in [-0.1, -0.05) is 35.4 Å². The molecule has 0 radical (unpaired) electrons. The van der Waals surface area contributed by atoms with E-state index < -0.39 is 11.7 Å². The molecular weight excluding hydrogens is 363 g/mol. The van der Waals surface area contributed by atoms with E-state index in [9.17, 15) is 14.0 Å². The second kappa shape index (κ2) is 7.59. The molecule has 1 fully saturated rings. The van der Waals surface area contributed by atoms with Gasteiger partial charge in [-0.25, -0.2) is 4.39 Å². The monoisotopic (exact) mass is 380 g/mol. The molecule has 7 nitrogen and oxygen atoms in total. The summed E-state index contributed by atoms with van der Waals surface area (Å²) in [6, 6.07) is 15.1. The molecule has 8 heteroatoms. The van der Waals surface area contributed by atoms with E-state index in [1.165, 1.54) is 12.1 Å². The fourth-order valence-corrected chi connectivity index (χ4v) is 3.18. The molecule has 0 aliphatic carbocycles. The number of carbonyl (C=O) groups excluding carboxylic acids is 2. The van der Waals surface area contributed by atoms with Crippen LogP contribution in [0.2, 0.25) is 0 Å². The lowest BCUT2D eigenvalue weighted by molar-refractivity contribution is -0.117. The number of hydrogen-bond acceptors (Lipinski definition) is 5. The number of rotatable bonds is 5. The topological polar surface area (TPSA) is 88.3 Å². The largest absolute Gasteiger partial charge is 0.407 e. The van der Waals surface area contributed by atoms with E-state index in [1.807, 2.05) is 30.3 Å². The van der Waals surface area contributed by atoms with Crippen molar-refractivity contribution in [2.24, 2.45) is 0 Å². The van der Waals surface area contributed by atoms with Crippen LogP contribution in [0.4, 0.5) is 16.1 Å². The Morgan fingerprint density at radius 2 is 2.00 bits per heavy atom. The zero-order chi connectivity index (χ0) is 19.5. The summed E-state index contributed by atoms with van der Waals surface area (Å²) in [5.41, 5.74) is 1.36. The summed E-state index contributed by atoms with van der Waals surface area (Å²) >= 11 is 0. The maximum absolute atomic E-state index is 13.2. The van der Waals surface area contributed by atoms with Crippen molar-refractivity contribution in [2.75, 3.05) is 16.8 Å². The SMILES string of the molecule is O=C(Cc1cccc(F)c1)Nc1nnc(C2CC(=O)N(c3ccccc3)C2)o1. The average Bonchev–Trinajstić information content (AvgIpc) is 3.29. The third-order valence-electron chi connectivity index (χ3n) is 4.48. The molecule has 1 aliphatic rings. The molecular formula is C20H17FN4O3. The van der Waals surface area contributed by atoms with Gasteiger partial charge in [0.15, 0.2) is 0 Å². The summed E-state index contributed by atoms with van der Waals surface area (Å²) in [5, 5.41) is 10.3. The van der Waals surface area contributed by atoms with Gasteiger partial charge in [-0.15, -0.1) is 5.10 Å². The van der Waals surface area contributed by atoms with Crippen LogP contribution in [0.25, 0.3) is 0 Å². The lowest BCUT2D eigenvalue weighted by Crippen LogP contribution is -2.24. The van der Waals surface area contributed by atoms with Gasteiger partial charge >= 0.3 is 6.01 Å². The first-order valence-electron chi connectivity index (χ1n) is 8.81. The normalized spacial score (nSPS) is 16.4. The van der Waals surface area contributed by atoms with Crippen LogP contribution in [-0.4, -0.2) is 28.6 Å². The molecule has 2 amide bonds.